The summed E-state index contributed by atoms with van der Waals surface area (Å²) in [6.45, 7) is 5.02. The van der Waals surface area contributed by atoms with E-state index in [-0.39, 0.29) is 22.6 Å². The van der Waals surface area contributed by atoms with Crippen LogP contribution in [0.3, 0.4) is 0 Å². The first-order valence-corrected chi connectivity index (χ1v) is 8.83. The minimum atomic E-state index is -1.04. The number of anilines is 2. The number of hydrogen-bond acceptors (Lipinski definition) is 4. The van der Waals surface area contributed by atoms with Crippen molar-refractivity contribution < 1.29 is 19.5 Å². The van der Waals surface area contributed by atoms with Gasteiger partial charge in [-0.2, -0.15) is 0 Å². The summed E-state index contributed by atoms with van der Waals surface area (Å²) >= 11 is 1.37. The first-order valence-electron chi connectivity index (χ1n) is 7.95. The molecule has 1 atom stereocenters. The minimum Gasteiger partial charge on any atom is -0.478 e. The van der Waals surface area contributed by atoms with Gasteiger partial charge in [0.15, 0.2) is 0 Å². The molecule has 2 aromatic carbocycles. The SMILES string of the molecule is CC(=O)Nc1ccc(SC(C)C(=O)Nc2cc(C(=O)O)ccc2C)cc1. The normalized spacial score (nSPS) is 11.5. The summed E-state index contributed by atoms with van der Waals surface area (Å²) in [6.07, 6.45) is 0. The summed E-state index contributed by atoms with van der Waals surface area (Å²) in [5, 5.41) is 14.2. The van der Waals surface area contributed by atoms with Crippen LogP contribution in [-0.4, -0.2) is 28.1 Å². The van der Waals surface area contributed by atoms with Crippen molar-refractivity contribution in [3.05, 3.63) is 53.6 Å². The second kappa shape index (κ2) is 8.53. The van der Waals surface area contributed by atoms with Crippen molar-refractivity contribution in [1.82, 2.24) is 0 Å². The molecule has 0 aliphatic heterocycles. The number of carbonyl (C=O) groups is 3. The van der Waals surface area contributed by atoms with Crippen LogP contribution in [0.5, 0.6) is 0 Å². The molecule has 0 heterocycles. The van der Waals surface area contributed by atoms with Gasteiger partial charge in [-0.3, -0.25) is 9.59 Å². The first-order chi connectivity index (χ1) is 12.3. The molecule has 0 aromatic heterocycles. The number of aryl methyl sites for hydroxylation is 1. The highest BCUT2D eigenvalue weighted by molar-refractivity contribution is 8.00. The van der Waals surface area contributed by atoms with E-state index in [2.05, 4.69) is 10.6 Å². The zero-order valence-corrected chi connectivity index (χ0v) is 15.5. The molecular weight excluding hydrogens is 352 g/mol. The van der Waals surface area contributed by atoms with E-state index < -0.39 is 5.97 Å². The predicted molar refractivity (Wildman–Crippen MR) is 103 cm³/mol. The number of benzene rings is 2. The Morgan fingerprint density at radius 2 is 1.69 bits per heavy atom. The van der Waals surface area contributed by atoms with Gasteiger partial charge < -0.3 is 15.7 Å². The van der Waals surface area contributed by atoms with Crippen molar-refractivity contribution in [2.45, 2.75) is 30.9 Å². The number of amides is 2. The van der Waals surface area contributed by atoms with E-state index in [1.54, 1.807) is 32.0 Å². The van der Waals surface area contributed by atoms with Gasteiger partial charge in [0.05, 0.1) is 10.8 Å². The van der Waals surface area contributed by atoms with E-state index in [4.69, 9.17) is 5.11 Å². The molecule has 0 saturated heterocycles. The Morgan fingerprint density at radius 3 is 2.27 bits per heavy atom. The molecule has 0 radical (unpaired) electrons. The quantitative estimate of drug-likeness (QED) is 0.671. The van der Waals surface area contributed by atoms with Gasteiger partial charge in [0.25, 0.3) is 0 Å². The fourth-order valence-corrected chi connectivity index (χ4v) is 3.07. The maximum absolute atomic E-state index is 12.4. The Balaban J connectivity index is 2.02. The fourth-order valence-electron chi connectivity index (χ4n) is 2.20. The van der Waals surface area contributed by atoms with Gasteiger partial charge >= 0.3 is 5.97 Å². The summed E-state index contributed by atoms with van der Waals surface area (Å²) in [5.41, 5.74) is 2.10. The van der Waals surface area contributed by atoms with Gasteiger partial charge in [-0.05, 0) is 55.8 Å². The molecule has 0 bridgehead atoms. The van der Waals surface area contributed by atoms with Crippen LogP contribution in [0.15, 0.2) is 47.4 Å². The molecule has 0 aliphatic carbocycles. The Morgan fingerprint density at radius 1 is 1.04 bits per heavy atom. The van der Waals surface area contributed by atoms with Gasteiger partial charge in [-0.25, -0.2) is 4.79 Å². The molecule has 6 nitrogen and oxygen atoms in total. The summed E-state index contributed by atoms with van der Waals surface area (Å²) in [7, 11) is 0. The van der Waals surface area contributed by atoms with Crippen molar-refractivity contribution in [3.8, 4) is 0 Å². The number of aromatic carboxylic acids is 1. The lowest BCUT2D eigenvalue weighted by Crippen LogP contribution is -2.23. The van der Waals surface area contributed by atoms with Crippen molar-refractivity contribution in [2.75, 3.05) is 10.6 Å². The molecule has 2 rings (SSSR count). The molecule has 3 N–H and O–H groups in total. The monoisotopic (exact) mass is 372 g/mol. The largest absolute Gasteiger partial charge is 0.478 e. The third-order valence-electron chi connectivity index (χ3n) is 3.60. The molecule has 1 unspecified atom stereocenters. The van der Waals surface area contributed by atoms with Gasteiger partial charge in [0.2, 0.25) is 11.8 Å². The van der Waals surface area contributed by atoms with E-state index in [9.17, 15) is 14.4 Å². The summed E-state index contributed by atoms with van der Waals surface area (Å²) in [5.74, 6) is -1.40. The Bertz CT molecular complexity index is 834. The van der Waals surface area contributed by atoms with Crippen molar-refractivity contribution in [1.29, 1.82) is 0 Å². The maximum Gasteiger partial charge on any atom is 0.335 e. The van der Waals surface area contributed by atoms with Gasteiger partial charge in [0, 0.05) is 23.2 Å². The molecular formula is C19H20N2O4S. The average molecular weight is 372 g/mol. The van der Waals surface area contributed by atoms with E-state index in [0.717, 1.165) is 10.5 Å². The first kappa shape index (κ1) is 19.5. The predicted octanol–water partition coefficient (Wildman–Crippen LogP) is 3.77. The van der Waals surface area contributed by atoms with E-state index in [0.29, 0.717) is 11.4 Å². The van der Waals surface area contributed by atoms with Gasteiger partial charge in [-0.1, -0.05) is 6.07 Å². The second-order valence-corrected chi connectivity index (χ2v) is 7.20. The van der Waals surface area contributed by atoms with Gasteiger partial charge in [-0.15, -0.1) is 11.8 Å². The maximum atomic E-state index is 12.4. The summed E-state index contributed by atoms with van der Waals surface area (Å²) in [4.78, 5) is 35.4. The Hall–Kier alpha value is -2.80. The molecule has 0 spiro atoms. The van der Waals surface area contributed by atoms with Crippen LogP contribution in [0.1, 0.15) is 29.8 Å². The Labute approximate surface area is 156 Å². The summed E-state index contributed by atoms with van der Waals surface area (Å²) < 4.78 is 0. The number of carbonyl (C=O) groups excluding carboxylic acids is 2. The van der Waals surface area contributed by atoms with Crippen LogP contribution >= 0.6 is 11.8 Å². The van der Waals surface area contributed by atoms with E-state index in [1.807, 2.05) is 12.1 Å². The smallest absolute Gasteiger partial charge is 0.335 e. The number of nitrogens with one attached hydrogen (secondary N) is 2. The molecule has 0 fully saturated rings. The van der Waals surface area contributed by atoms with Crippen molar-refractivity contribution in [3.63, 3.8) is 0 Å². The molecule has 2 aromatic rings. The van der Waals surface area contributed by atoms with E-state index in [1.165, 1.54) is 30.8 Å². The second-order valence-electron chi connectivity index (χ2n) is 5.79. The zero-order chi connectivity index (χ0) is 19.3. The highest BCUT2D eigenvalue weighted by Gasteiger charge is 2.16. The highest BCUT2D eigenvalue weighted by atomic mass is 32.2. The molecule has 2 amide bonds. The molecule has 136 valence electrons. The van der Waals surface area contributed by atoms with Crippen LogP contribution in [0.25, 0.3) is 0 Å². The van der Waals surface area contributed by atoms with Crippen molar-refractivity contribution >= 4 is 40.9 Å². The molecule has 0 aliphatic rings. The van der Waals surface area contributed by atoms with Crippen LogP contribution < -0.4 is 10.6 Å². The molecule has 0 saturated carbocycles. The summed E-state index contributed by atoms with van der Waals surface area (Å²) in [6, 6.07) is 11.8. The third-order valence-corrected chi connectivity index (χ3v) is 4.71. The number of carboxylic acids is 1. The average Bonchev–Trinajstić information content (AvgIpc) is 2.57. The number of carboxylic acid groups (broad SMARTS) is 1. The molecule has 7 heteroatoms. The minimum absolute atomic E-state index is 0.125. The lowest BCUT2D eigenvalue weighted by Gasteiger charge is -2.14. The third kappa shape index (κ3) is 5.35. The Kier molecular flexibility index (Phi) is 6.41. The lowest BCUT2D eigenvalue weighted by atomic mass is 10.1. The van der Waals surface area contributed by atoms with Crippen LogP contribution in [-0.2, 0) is 9.59 Å². The lowest BCUT2D eigenvalue weighted by molar-refractivity contribution is -0.115. The van der Waals surface area contributed by atoms with Crippen molar-refractivity contribution in [2.24, 2.45) is 0 Å². The topological polar surface area (TPSA) is 95.5 Å². The van der Waals surface area contributed by atoms with Crippen LogP contribution in [0, 0.1) is 6.92 Å². The number of rotatable bonds is 6. The highest BCUT2D eigenvalue weighted by Crippen LogP contribution is 2.26. The number of hydrogen-bond donors (Lipinski definition) is 3. The van der Waals surface area contributed by atoms with Crippen LogP contribution in [0.2, 0.25) is 0 Å². The number of thioether (sulfide) groups is 1. The van der Waals surface area contributed by atoms with Gasteiger partial charge in [0.1, 0.15) is 0 Å². The molecule has 26 heavy (non-hydrogen) atoms. The fraction of sp³-hybridized carbons (Fsp3) is 0.211. The zero-order valence-electron chi connectivity index (χ0n) is 14.7. The standard InChI is InChI=1S/C19H20N2O4S/c1-11-4-5-14(19(24)25)10-17(11)21-18(23)12(2)26-16-8-6-15(7-9-16)20-13(3)22/h4-10,12H,1-3H3,(H,20,22)(H,21,23)(H,24,25). The van der Waals surface area contributed by atoms with Crippen LogP contribution in [0.4, 0.5) is 11.4 Å². The van der Waals surface area contributed by atoms with E-state index >= 15 is 0 Å².